The first-order valence-corrected chi connectivity index (χ1v) is 5.19. The molecule has 0 aliphatic heterocycles. The Morgan fingerprint density at radius 2 is 2.07 bits per heavy atom. The molecule has 0 aliphatic rings. The van der Waals surface area contributed by atoms with Crippen molar-refractivity contribution in [1.82, 2.24) is 0 Å². The van der Waals surface area contributed by atoms with Crippen LogP contribution >= 0.6 is 11.6 Å². The highest BCUT2D eigenvalue weighted by Gasteiger charge is 2.08. The van der Waals surface area contributed by atoms with Crippen LogP contribution in [0.25, 0.3) is 0 Å². The van der Waals surface area contributed by atoms with Crippen molar-refractivity contribution < 1.29 is 4.79 Å². The monoisotopic (exact) mass is 221 g/mol. The van der Waals surface area contributed by atoms with E-state index in [1.165, 1.54) is 0 Å². The van der Waals surface area contributed by atoms with Crippen molar-refractivity contribution in [3.8, 4) is 6.07 Å². The summed E-state index contributed by atoms with van der Waals surface area (Å²) in [6.07, 6.45) is 1.02. The van der Waals surface area contributed by atoms with Crippen LogP contribution in [0.3, 0.4) is 0 Å². The number of hydrogen-bond acceptors (Lipinski definition) is 2. The first-order valence-electron chi connectivity index (χ1n) is 4.82. The maximum absolute atomic E-state index is 10.8. The molecule has 0 amide bonds. The maximum atomic E-state index is 10.8. The zero-order valence-electron chi connectivity index (χ0n) is 8.53. The summed E-state index contributed by atoms with van der Waals surface area (Å²) >= 11 is 5.77. The van der Waals surface area contributed by atoms with E-state index in [9.17, 15) is 4.79 Å². The number of rotatable bonds is 4. The molecule has 3 heteroatoms. The first-order chi connectivity index (χ1) is 7.13. The lowest BCUT2D eigenvalue weighted by Crippen LogP contribution is -1.99. The predicted molar refractivity (Wildman–Crippen MR) is 59.7 cm³/mol. The lowest BCUT2D eigenvalue weighted by molar-refractivity contribution is -0.114. The van der Waals surface area contributed by atoms with E-state index in [-0.39, 0.29) is 11.7 Å². The van der Waals surface area contributed by atoms with Crippen LogP contribution in [0.1, 0.15) is 31.2 Å². The average Bonchev–Trinajstić information content (AvgIpc) is 2.26. The van der Waals surface area contributed by atoms with E-state index in [1.54, 1.807) is 6.07 Å². The Balaban J connectivity index is 2.54. The highest BCUT2D eigenvalue weighted by atomic mass is 35.5. The fourth-order valence-corrected chi connectivity index (χ4v) is 1.49. The molecule has 15 heavy (non-hydrogen) atoms. The highest BCUT2D eigenvalue weighted by molar-refractivity contribution is 6.30. The fourth-order valence-electron chi connectivity index (χ4n) is 1.36. The number of nitrogens with zero attached hydrogens (tertiary/aromatic N) is 1. The summed E-state index contributed by atoms with van der Waals surface area (Å²) in [5.41, 5.74) is 1.14. The number of hydrogen-bond donors (Lipinski definition) is 0. The molecule has 1 aromatic carbocycles. The van der Waals surface area contributed by atoms with Gasteiger partial charge in [0.25, 0.3) is 0 Å². The summed E-state index contributed by atoms with van der Waals surface area (Å²) in [4.78, 5) is 10.8. The van der Waals surface area contributed by atoms with E-state index in [0.29, 0.717) is 17.9 Å². The van der Waals surface area contributed by atoms with Gasteiger partial charge in [0.2, 0.25) is 5.78 Å². The Bertz CT molecular complexity index is 378. The lowest BCUT2D eigenvalue weighted by Gasteiger charge is -2.09. The third kappa shape index (κ3) is 3.73. The largest absolute Gasteiger partial charge is 0.283 e. The van der Waals surface area contributed by atoms with Crippen LogP contribution in [0.2, 0.25) is 5.02 Å². The van der Waals surface area contributed by atoms with Crippen LogP contribution in [0, 0.1) is 11.3 Å². The van der Waals surface area contributed by atoms with Crippen molar-refractivity contribution in [3.05, 3.63) is 34.9 Å². The molecule has 0 fully saturated rings. The lowest BCUT2D eigenvalue weighted by atomic mass is 9.95. The number of carbonyl (C=O) groups excluding carboxylic acids is 1. The molecule has 0 heterocycles. The quantitative estimate of drug-likeness (QED) is 0.732. The van der Waals surface area contributed by atoms with Gasteiger partial charge in [0.05, 0.1) is 0 Å². The number of carbonyl (C=O) groups is 1. The molecule has 1 atom stereocenters. The van der Waals surface area contributed by atoms with E-state index in [0.717, 1.165) is 5.56 Å². The van der Waals surface area contributed by atoms with E-state index >= 15 is 0 Å². The minimum absolute atomic E-state index is 0.277. The summed E-state index contributed by atoms with van der Waals surface area (Å²) in [7, 11) is 0. The molecule has 0 spiro atoms. The average molecular weight is 222 g/mol. The molecule has 0 saturated carbocycles. The Morgan fingerprint density at radius 1 is 1.47 bits per heavy atom. The highest BCUT2D eigenvalue weighted by Crippen LogP contribution is 2.22. The number of nitriles is 1. The van der Waals surface area contributed by atoms with Crippen LogP contribution in [0.15, 0.2) is 24.3 Å². The smallest absolute Gasteiger partial charge is 0.231 e. The van der Waals surface area contributed by atoms with Crippen molar-refractivity contribution in [2.45, 2.75) is 25.7 Å². The van der Waals surface area contributed by atoms with Crippen LogP contribution in [0.4, 0.5) is 0 Å². The molecule has 1 unspecified atom stereocenters. The van der Waals surface area contributed by atoms with Gasteiger partial charge >= 0.3 is 0 Å². The Labute approximate surface area is 94.5 Å². The van der Waals surface area contributed by atoms with Crippen molar-refractivity contribution >= 4 is 17.4 Å². The summed E-state index contributed by atoms with van der Waals surface area (Å²) in [6, 6.07) is 9.18. The van der Waals surface area contributed by atoms with Gasteiger partial charge < -0.3 is 0 Å². The SMILES string of the molecule is CC(CCC(=O)C#N)c1ccc(Cl)cc1. The summed E-state index contributed by atoms with van der Waals surface area (Å²) in [5.74, 6) is -0.0737. The number of ketones is 1. The topological polar surface area (TPSA) is 40.9 Å². The minimum Gasteiger partial charge on any atom is -0.283 e. The molecule has 0 radical (unpaired) electrons. The summed E-state index contributed by atoms with van der Waals surface area (Å²) in [5, 5.41) is 9.05. The molecule has 2 nitrogen and oxygen atoms in total. The molecule has 1 rings (SSSR count). The van der Waals surface area contributed by atoms with Gasteiger partial charge in [-0.25, -0.2) is 0 Å². The number of benzene rings is 1. The normalized spacial score (nSPS) is 11.8. The Morgan fingerprint density at radius 3 is 2.60 bits per heavy atom. The number of halogens is 1. The van der Waals surface area contributed by atoms with Crippen molar-refractivity contribution in [1.29, 1.82) is 5.26 Å². The van der Waals surface area contributed by atoms with Crippen LogP contribution in [-0.2, 0) is 4.79 Å². The van der Waals surface area contributed by atoms with Crippen molar-refractivity contribution in [2.24, 2.45) is 0 Å². The van der Waals surface area contributed by atoms with E-state index < -0.39 is 0 Å². The predicted octanol–water partition coefficient (Wildman–Crippen LogP) is 3.32. The molecule has 0 bridgehead atoms. The van der Waals surface area contributed by atoms with Gasteiger partial charge in [-0.15, -0.1) is 0 Å². The molecular weight excluding hydrogens is 210 g/mol. The van der Waals surface area contributed by atoms with Gasteiger partial charge in [0.1, 0.15) is 6.07 Å². The van der Waals surface area contributed by atoms with Crippen LogP contribution < -0.4 is 0 Å². The molecular formula is C12H12ClNO. The van der Waals surface area contributed by atoms with Crippen LogP contribution in [0.5, 0.6) is 0 Å². The van der Waals surface area contributed by atoms with E-state index in [1.807, 2.05) is 31.2 Å². The minimum atomic E-state index is -0.351. The van der Waals surface area contributed by atoms with Gasteiger partial charge in [-0.3, -0.25) is 4.79 Å². The van der Waals surface area contributed by atoms with Gasteiger partial charge in [-0.05, 0) is 30.0 Å². The summed E-state index contributed by atoms with van der Waals surface area (Å²) in [6.45, 7) is 2.04. The van der Waals surface area contributed by atoms with Crippen molar-refractivity contribution in [3.63, 3.8) is 0 Å². The zero-order valence-corrected chi connectivity index (χ0v) is 9.29. The maximum Gasteiger partial charge on any atom is 0.231 e. The fraction of sp³-hybridized carbons (Fsp3) is 0.333. The molecule has 0 saturated heterocycles. The Kier molecular flexibility index (Phi) is 4.33. The van der Waals surface area contributed by atoms with E-state index in [2.05, 4.69) is 0 Å². The molecule has 0 N–H and O–H groups in total. The van der Waals surface area contributed by atoms with E-state index in [4.69, 9.17) is 16.9 Å². The second kappa shape index (κ2) is 5.53. The first kappa shape index (κ1) is 11.7. The second-order valence-electron chi connectivity index (χ2n) is 3.53. The second-order valence-corrected chi connectivity index (χ2v) is 3.96. The standard InChI is InChI=1S/C12H12ClNO/c1-9(2-7-12(15)8-14)10-3-5-11(13)6-4-10/h3-6,9H,2,7H2,1H3. The zero-order chi connectivity index (χ0) is 11.3. The molecule has 0 aromatic heterocycles. The van der Waals surface area contributed by atoms with Gasteiger partial charge in [0.15, 0.2) is 0 Å². The van der Waals surface area contributed by atoms with Gasteiger partial charge in [-0.1, -0.05) is 30.7 Å². The Hall–Kier alpha value is -1.33. The third-order valence-corrected chi connectivity index (χ3v) is 2.62. The van der Waals surface area contributed by atoms with Crippen LogP contribution in [-0.4, -0.2) is 5.78 Å². The molecule has 0 aliphatic carbocycles. The molecule has 1 aromatic rings. The van der Waals surface area contributed by atoms with Gasteiger partial charge in [-0.2, -0.15) is 5.26 Å². The van der Waals surface area contributed by atoms with Gasteiger partial charge in [0, 0.05) is 11.4 Å². The third-order valence-electron chi connectivity index (χ3n) is 2.37. The summed E-state index contributed by atoms with van der Waals surface area (Å²) < 4.78 is 0. The van der Waals surface area contributed by atoms with Crippen molar-refractivity contribution in [2.75, 3.05) is 0 Å². The number of Topliss-reactive ketones (excluding diaryl/α,β-unsaturated/α-hetero) is 1. The molecule has 78 valence electrons.